The molecule has 1 heterocycles. The molecule has 0 aliphatic rings. The lowest BCUT2D eigenvalue weighted by Gasteiger charge is -2.10. The molecule has 0 amide bonds. The standard InChI is InChI=1S/C14H21N3O/c1-4-18-8-6-5-7-16-14-9-11(2)17-12(3)13(14)10-15/h9H,4-8H2,1-3H3,(H,16,17). The third-order valence-corrected chi connectivity index (χ3v) is 2.68. The van der Waals surface area contributed by atoms with Gasteiger partial charge < -0.3 is 10.1 Å². The molecule has 4 heteroatoms. The third-order valence-electron chi connectivity index (χ3n) is 2.68. The number of nitriles is 1. The molecule has 98 valence electrons. The lowest BCUT2D eigenvalue weighted by Crippen LogP contribution is -2.07. The van der Waals surface area contributed by atoms with Gasteiger partial charge in [0, 0.05) is 25.5 Å². The Kier molecular flexibility index (Phi) is 6.16. The van der Waals surface area contributed by atoms with Gasteiger partial charge in [-0.15, -0.1) is 0 Å². The molecule has 4 nitrogen and oxygen atoms in total. The van der Waals surface area contributed by atoms with Crippen molar-refractivity contribution in [1.82, 2.24) is 4.98 Å². The largest absolute Gasteiger partial charge is 0.384 e. The van der Waals surface area contributed by atoms with Gasteiger partial charge in [-0.05, 0) is 39.7 Å². The van der Waals surface area contributed by atoms with Gasteiger partial charge in [0.1, 0.15) is 6.07 Å². The summed E-state index contributed by atoms with van der Waals surface area (Å²) in [5.41, 5.74) is 3.25. The zero-order chi connectivity index (χ0) is 13.4. The average Bonchev–Trinajstić information content (AvgIpc) is 2.33. The Morgan fingerprint density at radius 3 is 2.83 bits per heavy atom. The topological polar surface area (TPSA) is 57.9 Å². The molecule has 18 heavy (non-hydrogen) atoms. The summed E-state index contributed by atoms with van der Waals surface area (Å²) >= 11 is 0. The van der Waals surface area contributed by atoms with E-state index in [2.05, 4.69) is 16.4 Å². The number of aromatic nitrogens is 1. The lowest BCUT2D eigenvalue weighted by atomic mass is 10.1. The first-order valence-corrected chi connectivity index (χ1v) is 6.39. The number of anilines is 1. The minimum atomic E-state index is 0.644. The van der Waals surface area contributed by atoms with Crippen molar-refractivity contribution in [2.45, 2.75) is 33.6 Å². The minimum absolute atomic E-state index is 0.644. The van der Waals surface area contributed by atoms with Crippen molar-refractivity contribution in [2.24, 2.45) is 0 Å². The smallest absolute Gasteiger partial charge is 0.103 e. The van der Waals surface area contributed by atoms with E-state index < -0.39 is 0 Å². The predicted molar refractivity (Wildman–Crippen MR) is 72.6 cm³/mol. The van der Waals surface area contributed by atoms with Gasteiger partial charge in [-0.1, -0.05) is 0 Å². The maximum absolute atomic E-state index is 9.11. The molecule has 1 aromatic rings. The van der Waals surface area contributed by atoms with E-state index in [0.29, 0.717) is 5.56 Å². The first-order valence-electron chi connectivity index (χ1n) is 6.39. The molecule has 0 unspecified atom stereocenters. The maximum Gasteiger partial charge on any atom is 0.103 e. The molecular weight excluding hydrogens is 226 g/mol. The van der Waals surface area contributed by atoms with Crippen LogP contribution in [0.1, 0.15) is 36.7 Å². The van der Waals surface area contributed by atoms with Crippen LogP contribution in [0.3, 0.4) is 0 Å². The fraction of sp³-hybridized carbons (Fsp3) is 0.571. The number of rotatable bonds is 7. The highest BCUT2D eigenvalue weighted by Gasteiger charge is 2.07. The highest BCUT2D eigenvalue weighted by Crippen LogP contribution is 2.18. The zero-order valence-corrected chi connectivity index (χ0v) is 11.4. The van der Waals surface area contributed by atoms with E-state index in [9.17, 15) is 0 Å². The quantitative estimate of drug-likeness (QED) is 0.753. The van der Waals surface area contributed by atoms with E-state index >= 15 is 0 Å². The molecule has 1 rings (SSSR count). The van der Waals surface area contributed by atoms with Gasteiger partial charge in [0.25, 0.3) is 0 Å². The molecule has 0 spiro atoms. The first-order chi connectivity index (χ1) is 8.69. The number of aryl methyl sites for hydroxylation is 2. The van der Waals surface area contributed by atoms with Gasteiger partial charge in [0.2, 0.25) is 0 Å². The van der Waals surface area contributed by atoms with Crippen LogP contribution in [0.15, 0.2) is 6.07 Å². The summed E-state index contributed by atoms with van der Waals surface area (Å²) in [5.74, 6) is 0. The summed E-state index contributed by atoms with van der Waals surface area (Å²) in [7, 11) is 0. The normalized spacial score (nSPS) is 10.1. The van der Waals surface area contributed by atoms with E-state index in [1.807, 2.05) is 26.8 Å². The summed E-state index contributed by atoms with van der Waals surface area (Å²) in [5, 5.41) is 12.4. The number of hydrogen-bond acceptors (Lipinski definition) is 4. The van der Waals surface area contributed by atoms with Crippen LogP contribution in [0.2, 0.25) is 0 Å². The molecule has 0 aliphatic carbocycles. The van der Waals surface area contributed by atoms with Crippen molar-refractivity contribution in [2.75, 3.05) is 25.1 Å². The molecule has 0 aliphatic heterocycles. The molecule has 1 N–H and O–H groups in total. The maximum atomic E-state index is 9.11. The molecule has 0 aromatic carbocycles. The van der Waals surface area contributed by atoms with Gasteiger partial charge >= 0.3 is 0 Å². The Labute approximate surface area is 109 Å². The number of nitrogens with zero attached hydrogens (tertiary/aromatic N) is 2. The fourth-order valence-corrected chi connectivity index (χ4v) is 1.81. The molecular formula is C14H21N3O. The minimum Gasteiger partial charge on any atom is -0.384 e. The summed E-state index contributed by atoms with van der Waals surface area (Å²) in [6.07, 6.45) is 2.07. The van der Waals surface area contributed by atoms with Crippen molar-refractivity contribution in [1.29, 1.82) is 5.26 Å². The van der Waals surface area contributed by atoms with E-state index in [1.165, 1.54) is 0 Å². The van der Waals surface area contributed by atoms with Crippen molar-refractivity contribution >= 4 is 5.69 Å². The Balaban J connectivity index is 2.49. The second-order valence-electron chi connectivity index (χ2n) is 4.21. The van der Waals surface area contributed by atoms with Crippen LogP contribution in [0, 0.1) is 25.2 Å². The van der Waals surface area contributed by atoms with Crippen LogP contribution in [0.4, 0.5) is 5.69 Å². The van der Waals surface area contributed by atoms with Gasteiger partial charge in [-0.3, -0.25) is 4.98 Å². The molecule has 0 radical (unpaired) electrons. The number of hydrogen-bond donors (Lipinski definition) is 1. The van der Waals surface area contributed by atoms with Crippen LogP contribution < -0.4 is 5.32 Å². The van der Waals surface area contributed by atoms with Crippen molar-refractivity contribution in [3.63, 3.8) is 0 Å². The summed E-state index contributed by atoms with van der Waals surface area (Å²) in [6, 6.07) is 4.13. The zero-order valence-electron chi connectivity index (χ0n) is 11.4. The highest BCUT2D eigenvalue weighted by molar-refractivity contribution is 5.59. The third kappa shape index (κ3) is 4.34. The molecule has 0 saturated heterocycles. The van der Waals surface area contributed by atoms with Gasteiger partial charge in [0.05, 0.1) is 16.9 Å². The van der Waals surface area contributed by atoms with Crippen LogP contribution in [0.25, 0.3) is 0 Å². The van der Waals surface area contributed by atoms with Gasteiger partial charge in [-0.2, -0.15) is 5.26 Å². The van der Waals surface area contributed by atoms with Crippen molar-refractivity contribution in [3.8, 4) is 6.07 Å². The Hall–Kier alpha value is -1.60. The van der Waals surface area contributed by atoms with Gasteiger partial charge in [0.15, 0.2) is 0 Å². The van der Waals surface area contributed by atoms with Crippen molar-refractivity contribution in [3.05, 3.63) is 23.0 Å². The Bertz CT molecular complexity index is 424. The van der Waals surface area contributed by atoms with Crippen LogP contribution in [-0.4, -0.2) is 24.7 Å². The summed E-state index contributed by atoms with van der Waals surface area (Å²) in [6.45, 7) is 8.23. The molecule has 0 bridgehead atoms. The van der Waals surface area contributed by atoms with E-state index in [0.717, 1.165) is 49.7 Å². The fourth-order valence-electron chi connectivity index (χ4n) is 1.81. The van der Waals surface area contributed by atoms with E-state index in [1.54, 1.807) is 0 Å². The monoisotopic (exact) mass is 247 g/mol. The predicted octanol–water partition coefficient (Wildman–Crippen LogP) is 2.80. The Morgan fingerprint density at radius 1 is 1.39 bits per heavy atom. The average molecular weight is 247 g/mol. The van der Waals surface area contributed by atoms with E-state index in [-0.39, 0.29) is 0 Å². The summed E-state index contributed by atoms with van der Waals surface area (Å²) in [4.78, 5) is 4.29. The number of ether oxygens (including phenoxy) is 1. The van der Waals surface area contributed by atoms with E-state index in [4.69, 9.17) is 10.00 Å². The van der Waals surface area contributed by atoms with Crippen LogP contribution >= 0.6 is 0 Å². The number of pyridine rings is 1. The molecule has 1 aromatic heterocycles. The van der Waals surface area contributed by atoms with Crippen LogP contribution in [-0.2, 0) is 4.74 Å². The molecule has 0 fully saturated rings. The molecule has 0 atom stereocenters. The Morgan fingerprint density at radius 2 is 2.17 bits per heavy atom. The number of unbranched alkanes of at least 4 members (excludes halogenated alkanes) is 1. The highest BCUT2D eigenvalue weighted by atomic mass is 16.5. The second kappa shape index (κ2) is 7.67. The molecule has 0 saturated carbocycles. The first kappa shape index (κ1) is 14.5. The number of nitrogens with one attached hydrogen (secondary N) is 1. The van der Waals surface area contributed by atoms with Gasteiger partial charge in [-0.25, -0.2) is 0 Å². The SMILES string of the molecule is CCOCCCCNc1cc(C)nc(C)c1C#N. The second-order valence-corrected chi connectivity index (χ2v) is 4.21. The summed E-state index contributed by atoms with van der Waals surface area (Å²) < 4.78 is 5.28. The lowest BCUT2D eigenvalue weighted by molar-refractivity contribution is 0.144. The van der Waals surface area contributed by atoms with Crippen molar-refractivity contribution < 1.29 is 4.74 Å². The van der Waals surface area contributed by atoms with Crippen LogP contribution in [0.5, 0.6) is 0 Å².